The predicted molar refractivity (Wildman–Crippen MR) is 71.4 cm³/mol. The van der Waals surface area contributed by atoms with Gasteiger partial charge in [-0.1, -0.05) is 0 Å². The molecular weight excluding hydrogens is 264 g/mol. The van der Waals surface area contributed by atoms with E-state index in [1.54, 1.807) is 19.4 Å². The molecule has 0 bridgehead atoms. The molecule has 0 spiro atoms. The van der Waals surface area contributed by atoms with Crippen LogP contribution in [0.25, 0.3) is 0 Å². The fourth-order valence-corrected chi connectivity index (χ4v) is 2.17. The quantitative estimate of drug-likeness (QED) is 0.364. The molecule has 0 amide bonds. The van der Waals surface area contributed by atoms with Crippen LogP contribution in [0.1, 0.15) is 11.5 Å². The van der Waals surface area contributed by atoms with Crippen LogP contribution in [0.4, 0.5) is 5.82 Å². The zero-order valence-electron chi connectivity index (χ0n) is 10.6. The van der Waals surface area contributed by atoms with Gasteiger partial charge in [-0.3, -0.25) is 0 Å². The van der Waals surface area contributed by atoms with Gasteiger partial charge in [0.1, 0.15) is 17.5 Å². The second-order valence-electron chi connectivity index (χ2n) is 3.67. The van der Waals surface area contributed by atoms with Gasteiger partial charge in [-0.05, 0) is 24.8 Å². The first-order valence-electron chi connectivity index (χ1n) is 5.52. The summed E-state index contributed by atoms with van der Waals surface area (Å²) in [6.07, 6.45) is 1.71. The van der Waals surface area contributed by atoms with E-state index < -0.39 is 0 Å². The molecule has 2 heterocycles. The highest BCUT2D eigenvalue weighted by Gasteiger charge is 2.07. The molecule has 0 aromatic carbocycles. The van der Waals surface area contributed by atoms with Crippen molar-refractivity contribution in [1.82, 2.24) is 19.9 Å². The Morgan fingerprint density at radius 1 is 1.37 bits per heavy atom. The van der Waals surface area contributed by atoms with Crippen molar-refractivity contribution in [3.05, 3.63) is 29.8 Å². The third kappa shape index (κ3) is 3.85. The summed E-state index contributed by atoms with van der Waals surface area (Å²) in [5, 5.41) is 1.34. The van der Waals surface area contributed by atoms with Crippen molar-refractivity contribution in [1.29, 1.82) is 0 Å². The number of rotatable bonds is 5. The van der Waals surface area contributed by atoms with E-state index in [1.165, 1.54) is 11.8 Å². The number of ether oxygens (including phenoxy) is 1. The Labute approximate surface area is 115 Å². The van der Waals surface area contributed by atoms with Gasteiger partial charge in [0.2, 0.25) is 0 Å². The monoisotopic (exact) mass is 278 g/mol. The third-order valence-electron chi connectivity index (χ3n) is 2.14. The largest absolute Gasteiger partial charge is 0.377 e. The molecule has 0 saturated carbocycles. The van der Waals surface area contributed by atoms with E-state index in [-0.39, 0.29) is 0 Å². The summed E-state index contributed by atoms with van der Waals surface area (Å²) in [6, 6.07) is 3.57. The molecule has 0 atom stereocenters. The number of hydrogen-bond acceptors (Lipinski definition) is 8. The summed E-state index contributed by atoms with van der Waals surface area (Å²) < 4.78 is 5.02. The van der Waals surface area contributed by atoms with Crippen LogP contribution in [0.3, 0.4) is 0 Å². The molecule has 19 heavy (non-hydrogen) atoms. The highest BCUT2D eigenvalue weighted by Crippen LogP contribution is 2.24. The average molecular weight is 278 g/mol. The number of hydrazine groups is 1. The summed E-state index contributed by atoms with van der Waals surface area (Å²) in [6.45, 7) is 2.23. The van der Waals surface area contributed by atoms with Gasteiger partial charge in [0.15, 0.2) is 11.0 Å². The molecule has 0 unspecified atom stereocenters. The number of nitrogens with zero attached hydrogens (tertiary/aromatic N) is 4. The van der Waals surface area contributed by atoms with Crippen LogP contribution in [0, 0.1) is 6.92 Å². The van der Waals surface area contributed by atoms with Crippen molar-refractivity contribution in [2.24, 2.45) is 5.84 Å². The Kier molecular flexibility index (Phi) is 4.61. The normalized spacial score (nSPS) is 10.5. The van der Waals surface area contributed by atoms with Gasteiger partial charge in [0.05, 0.1) is 0 Å². The van der Waals surface area contributed by atoms with E-state index in [0.29, 0.717) is 28.4 Å². The molecule has 0 saturated heterocycles. The zero-order valence-corrected chi connectivity index (χ0v) is 11.4. The van der Waals surface area contributed by atoms with Crippen LogP contribution in [0.2, 0.25) is 0 Å². The lowest BCUT2D eigenvalue weighted by atomic mass is 10.5. The summed E-state index contributed by atoms with van der Waals surface area (Å²) in [5.41, 5.74) is 3.41. The number of nitrogen functional groups attached to an aromatic ring is 1. The number of hydrogen-bond donors (Lipinski definition) is 2. The molecule has 0 radical (unpaired) electrons. The first-order valence-corrected chi connectivity index (χ1v) is 6.34. The zero-order chi connectivity index (χ0) is 13.7. The molecule has 2 rings (SSSR count). The average Bonchev–Trinajstić information content (AvgIpc) is 2.39. The van der Waals surface area contributed by atoms with Crippen molar-refractivity contribution in [2.75, 3.05) is 12.5 Å². The summed E-state index contributed by atoms with van der Waals surface area (Å²) in [7, 11) is 1.59. The van der Waals surface area contributed by atoms with Crippen molar-refractivity contribution in [3.63, 3.8) is 0 Å². The Hall–Kier alpha value is -1.77. The fourth-order valence-electron chi connectivity index (χ4n) is 1.36. The highest BCUT2D eigenvalue weighted by molar-refractivity contribution is 7.99. The van der Waals surface area contributed by atoms with Gasteiger partial charge in [0.25, 0.3) is 0 Å². The highest BCUT2D eigenvalue weighted by atomic mass is 32.2. The minimum absolute atomic E-state index is 0.317. The van der Waals surface area contributed by atoms with Crippen molar-refractivity contribution in [3.8, 4) is 0 Å². The van der Waals surface area contributed by atoms with E-state index in [0.717, 1.165) is 5.69 Å². The lowest BCUT2D eigenvalue weighted by Gasteiger charge is -2.06. The van der Waals surface area contributed by atoms with Crippen LogP contribution in [-0.2, 0) is 11.3 Å². The minimum atomic E-state index is 0.317. The topological polar surface area (TPSA) is 98.8 Å². The molecule has 0 aliphatic carbocycles. The van der Waals surface area contributed by atoms with E-state index in [2.05, 4.69) is 25.4 Å². The van der Waals surface area contributed by atoms with E-state index in [1.807, 2.05) is 13.0 Å². The number of nitrogens with two attached hydrogens (primary N) is 1. The van der Waals surface area contributed by atoms with E-state index >= 15 is 0 Å². The molecule has 2 aromatic rings. The SMILES string of the molecule is COCc1nc(NN)cc(Sc2nccc(C)n2)n1. The second-order valence-corrected chi connectivity index (χ2v) is 4.66. The Balaban J connectivity index is 2.26. The number of aromatic nitrogens is 4. The standard InChI is InChI=1S/C11H14N6OS/c1-7-3-4-13-11(14-7)19-10-5-8(17-12)15-9(16-10)6-18-2/h3-5H,6,12H2,1-2H3,(H,15,16,17). The molecule has 7 nitrogen and oxygen atoms in total. The Bertz CT molecular complexity index is 565. The molecule has 100 valence electrons. The molecular formula is C11H14N6OS. The molecule has 0 fully saturated rings. The Morgan fingerprint density at radius 2 is 2.21 bits per heavy atom. The van der Waals surface area contributed by atoms with E-state index in [9.17, 15) is 0 Å². The van der Waals surface area contributed by atoms with Crippen LogP contribution < -0.4 is 11.3 Å². The van der Waals surface area contributed by atoms with Crippen molar-refractivity contribution >= 4 is 17.6 Å². The third-order valence-corrected chi connectivity index (χ3v) is 2.94. The maximum absolute atomic E-state index is 5.38. The fraction of sp³-hybridized carbons (Fsp3) is 0.273. The lowest BCUT2D eigenvalue weighted by Crippen LogP contribution is -2.11. The maximum atomic E-state index is 5.38. The first kappa shape index (κ1) is 13.7. The summed E-state index contributed by atoms with van der Waals surface area (Å²) in [4.78, 5) is 17.0. The maximum Gasteiger partial charge on any atom is 0.194 e. The number of nitrogens with one attached hydrogen (secondary N) is 1. The number of methoxy groups -OCH3 is 1. The van der Waals surface area contributed by atoms with Crippen LogP contribution >= 0.6 is 11.8 Å². The predicted octanol–water partition coefficient (Wildman–Crippen LogP) is 1.16. The van der Waals surface area contributed by atoms with Gasteiger partial charge in [-0.2, -0.15) is 0 Å². The van der Waals surface area contributed by atoms with Crippen LogP contribution in [0.15, 0.2) is 28.5 Å². The van der Waals surface area contributed by atoms with Gasteiger partial charge >= 0.3 is 0 Å². The van der Waals surface area contributed by atoms with Gasteiger partial charge in [-0.15, -0.1) is 0 Å². The first-order chi connectivity index (χ1) is 9.21. The smallest absolute Gasteiger partial charge is 0.194 e. The second kappa shape index (κ2) is 6.41. The molecule has 2 aromatic heterocycles. The summed E-state index contributed by atoms with van der Waals surface area (Å²) in [5.74, 6) is 6.45. The molecule has 0 aliphatic rings. The van der Waals surface area contributed by atoms with Crippen molar-refractivity contribution < 1.29 is 4.74 Å². The lowest BCUT2D eigenvalue weighted by molar-refractivity contribution is 0.177. The van der Waals surface area contributed by atoms with Gasteiger partial charge in [0, 0.05) is 25.1 Å². The number of anilines is 1. The summed E-state index contributed by atoms with van der Waals surface area (Å²) >= 11 is 1.35. The van der Waals surface area contributed by atoms with Gasteiger partial charge in [-0.25, -0.2) is 25.8 Å². The van der Waals surface area contributed by atoms with Crippen LogP contribution in [-0.4, -0.2) is 27.0 Å². The molecule has 8 heteroatoms. The van der Waals surface area contributed by atoms with Gasteiger partial charge < -0.3 is 10.2 Å². The van der Waals surface area contributed by atoms with E-state index in [4.69, 9.17) is 10.6 Å². The number of aryl methyl sites for hydroxylation is 1. The van der Waals surface area contributed by atoms with Crippen LogP contribution in [0.5, 0.6) is 0 Å². The minimum Gasteiger partial charge on any atom is -0.377 e. The van der Waals surface area contributed by atoms with Crippen molar-refractivity contribution in [2.45, 2.75) is 23.7 Å². The molecule has 3 N–H and O–H groups in total. The molecule has 0 aliphatic heterocycles. The Morgan fingerprint density at radius 3 is 2.89 bits per heavy atom.